The van der Waals surface area contributed by atoms with Gasteiger partial charge in [-0.1, -0.05) is 61.5 Å². The highest BCUT2D eigenvalue weighted by Crippen LogP contribution is 2.20. The molecule has 0 fully saturated rings. The molecule has 3 atom stereocenters. The van der Waals surface area contributed by atoms with E-state index in [-0.39, 0.29) is 6.42 Å². The van der Waals surface area contributed by atoms with Crippen molar-refractivity contribution in [3.63, 3.8) is 0 Å². The number of amides is 1. The van der Waals surface area contributed by atoms with E-state index in [2.05, 4.69) is 5.32 Å². The molecule has 1 amide bonds. The van der Waals surface area contributed by atoms with E-state index in [4.69, 9.17) is 5.11 Å². The molecule has 2 aromatic rings. The average molecular weight is 383 g/mol. The summed E-state index contributed by atoms with van der Waals surface area (Å²) >= 11 is 0. The Bertz CT molecular complexity index is 817. The maximum Gasteiger partial charge on any atom is 0.315 e. The Morgan fingerprint density at radius 1 is 0.857 bits per heavy atom. The van der Waals surface area contributed by atoms with Crippen LogP contribution in [-0.4, -0.2) is 34.1 Å². The van der Waals surface area contributed by atoms with E-state index in [0.29, 0.717) is 6.42 Å². The van der Waals surface area contributed by atoms with Crippen LogP contribution in [-0.2, 0) is 20.8 Å². The lowest BCUT2D eigenvalue weighted by Crippen LogP contribution is -2.43. The van der Waals surface area contributed by atoms with Crippen LogP contribution in [0.25, 0.3) is 11.1 Å². The first-order valence-electron chi connectivity index (χ1n) is 9.18. The molecule has 148 valence electrons. The Morgan fingerprint density at radius 2 is 1.43 bits per heavy atom. The summed E-state index contributed by atoms with van der Waals surface area (Å²) in [6, 6.07) is 17.3. The van der Waals surface area contributed by atoms with Crippen molar-refractivity contribution >= 4 is 17.8 Å². The Kier molecular flexibility index (Phi) is 7.32. The van der Waals surface area contributed by atoms with Gasteiger partial charge in [-0.15, -0.1) is 0 Å². The van der Waals surface area contributed by atoms with Crippen LogP contribution in [0.15, 0.2) is 54.6 Å². The summed E-state index contributed by atoms with van der Waals surface area (Å²) in [5.41, 5.74) is 3.09. The van der Waals surface area contributed by atoms with E-state index < -0.39 is 35.7 Å². The predicted molar refractivity (Wildman–Crippen MR) is 106 cm³/mol. The average Bonchev–Trinajstić information content (AvgIpc) is 2.68. The first kappa shape index (κ1) is 21.2. The minimum Gasteiger partial charge on any atom is -0.481 e. The molecule has 0 aliphatic heterocycles. The summed E-state index contributed by atoms with van der Waals surface area (Å²) in [6.45, 7) is 2.88. The molecule has 0 aliphatic carbocycles. The summed E-state index contributed by atoms with van der Waals surface area (Å²) < 4.78 is 0. The molecule has 0 radical (unpaired) electrons. The maximum absolute atomic E-state index is 12.1. The van der Waals surface area contributed by atoms with E-state index in [1.807, 2.05) is 54.6 Å². The summed E-state index contributed by atoms with van der Waals surface area (Å²) in [5, 5.41) is 20.9. The van der Waals surface area contributed by atoms with Crippen LogP contribution in [0.3, 0.4) is 0 Å². The molecule has 6 nitrogen and oxygen atoms in total. The quantitative estimate of drug-likeness (QED) is 0.577. The minimum absolute atomic E-state index is 0.216. The molecule has 0 saturated carbocycles. The van der Waals surface area contributed by atoms with Crippen LogP contribution in [0.1, 0.15) is 25.8 Å². The number of hydrogen-bond acceptors (Lipinski definition) is 3. The van der Waals surface area contributed by atoms with Crippen molar-refractivity contribution in [3.8, 4) is 11.1 Å². The molecule has 2 aromatic carbocycles. The third-order valence-corrected chi connectivity index (χ3v) is 4.71. The summed E-state index contributed by atoms with van der Waals surface area (Å²) in [5.74, 6) is -4.63. The van der Waals surface area contributed by atoms with Gasteiger partial charge in [0, 0.05) is 6.04 Å². The maximum atomic E-state index is 12.1. The van der Waals surface area contributed by atoms with Gasteiger partial charge < -0.3 is 15.5 Å². The van der Waals surface area contributed by atoms with Crippen LogP contribution >= 0.6 is 0 Å². The molecule has 1 unspecified atom stereocenters. The van der Waals surface area contributed by atoms with Gasteiger partial charge >= 0.3 is 11.9 Å². The predicted octanol–water partition coefficient (Wildman–Crippen LogP) is 3.21. The second-order valence-corrected chi connectivity index (χ2v) is 7.01. The van der Waals surface area contributed by atoms with Crippen LogP contribution in [0.5, 0.6) is 0 Å². The molecular formula is C22H25NO5. The van der Waals surface area contributed by atoms with E-state index in [1.165, 1.54) is 6.92 Å². The van der Waals surface area contributed by atoms with Crippen LogP contribution < -0.4 is 5.32 Å². The minimum atomic E-state index is -1.21. The summed E-state index contributed by atoms with van der Waals surface area (Å²) in [6.07, 6.45) is 0.638. The normalized spacial score (nSPS) is 13.9. The number of carbonyl (C=O) groups is 3. The highest BCUT2D eigenvalue weighted by molar-refractivity contribution is 5.96. The van der Waals surface area contributed by atoms with Crippen LogP contribution in [0, 0.1) is 11.8 Å². The lowest BCUT2D eigenvalue weighted by atomic mass is 9.94. The zero-order chi connectivity index (χ0) is 20.7. The molecule has 2 rings (SSSR count). The van der Waals surface area contributed by atoms with Gasteiger partial charge in [0.05, 0.1) is 5.92 Å². The molecule has 0 heterocycles. The number of hydrogen-bond donors (Lipinski definition) is 3. The zero-order valence-electron chi connectivity index (χ0n) is 16.0. The highest BCUT2D eigenvalue weighted by atomic mass is 16.4. The number of nitrogens with one attached hydrogen (secondary N) is 1. The monoisotopic (exact) mass is 383 g/mol. The van der Waals surface area contributed by atoms with Gasteiger partial charge in [0.15, 0.2) is 0 Å². The lowest BCUT2D eigenvalue weighted by Gasteiger charge is -2.22. The molecule has 0 aliphatic rings. The van der Waals surface area contributed by atoms with Gasteiger partial charge in [-0.05, 0) is 36.5 Å². The molecule has 28 heavy (non-hydrogen) atoms. The van der Waals surface area contributed by atoms with E-state index >= 15 is 0 Å². The van der Waals surface area contributed by atoms with Crippen molar-refractivity contribution in [2.24, 2.45) is 11.8 Å². The third kappa shape index (κ3) is 5.94. The van der Waals surface area contributed by atoms with Crippen LogP contribution in [0.2, 0.25) is 0 Å². The second-order valence-electron chi connectivity index (χ2n) is 7.01. The van der Waals surface area contributed by atoms with Crippen molar-refractivity contribution < 1.29 is 24.6 Å². The largest absolute Gasteiger partial charge is 0.481 e. The lowest BCUT2D eigenvalue weighted by molar-refractivity contribution is -0.147. The number of carbonyl (C=O) groups excluding carboxylic acids is 1. The van der Waals surface area contributed by atoms with Crippen molar-refractivity contribution in [1.82, 2.24) is 5.32 Å². The topological polar surface area (TPSA) is 104 Å². The number of carboxylic acids is 2. The zero-order valence-corrected chi connectivity index (χ0v) is 16.0. The fourth-order valence-corrected chi connectivity index (χ4v) is 2.91. The number of rotatable bonds is 9. The molecule has 6 heteroatoms. The van der Waals surface area contributed by atoms with Gasteiger partial charge in [0.2, 0.25) is 5.91 Å². The Morgan fingerprint density at radius 3 is 1.96 bits per heavy atom. The van der Waals surface area contributed by atoms with Crippen molar-refractivity contribution in [2.45, 2.75) is 32.7 Å². The first-order valence-corrected chi connectivity index (χ1v) is 9.18. The summed E-state index contributed by atoms with van der Waals surface area (Å²) in [7, 11) is 0. The fourth-order valence-electron chi connectivity index (χ4n) is 2.91. The van der Waals surface area contributed by atoms with Crippen molar-refractivity contribution in [1.29, 1.82) is 0 Å². The van der Waals surface area contributed by atoms with Crippen molar-refractivity contribution in [2.75, 3.05) is 0 Å². The molecule has 3 N–H and O–H groups in total. The highest BCUT2D eigenvalue weighted by Gasteiger charge is 2.25. The number of aliphatic carboxylic acids is 2. The molecule has 0 bridgehead atoms. The molecule has 0 aromatic heterocycles. The van der Waals surface area contributed by atoms with Crippen LogP contribution in [0.4, 0.5) is 0 Å². The SMILES string of the molecule is CC(C(=O)O)C(=O)N[C@H](Cc1ccc(-c2ccccc2)cc1)C[C@@H](C)C(=O)O. The van der Waals surface area contributed by atoms with Crippen molar-refractivity contribution in [3.05, 3.63) is 60.2 Å². The van der Waals surface area contributed by atoms with Gasteiger partial charge in [-0.25, -0.2) is 0 Å². The van der Waals surface area contributed by atoms with Gasteiger partial charge in [0.1, 0.15) is 5.92 Å². The molecule has 0 spiro atoms. The molecule has 0 saturated heterocycles. The van der Waals surface area contributed by atoms with E-state index in [1.54, 1.807) is 6.92 Å². The van der Waals surface area contributed by atoms with Gasteiger partial charge in [-0.3, -0.25) is 14.4 Å². The standard InChI is InChI=1S/C22H25NO5/c1-14(21(25)26)12-19(23-20(24)15(2)22(27)28)13-16-8-10-18(11-9-16)17-6-4-3-5-7-17/h3-11,14-15,19H,12-13H2,1-2H3,(H,23,24)(H,25,26)(H,27,28)/t14-,15?,19+/m1/s1. The molecular weight excluding hydrogens is 358 g/mol. The second kappa shape index (κ2) is 9.69. The fraction of sp³-hybridized carbons (Fsp3) is 0.318. The number of carboxylic acid groups (broad SMARTS) is 2. The number of benzene rings is 2. The smallest absolute Gasteiger partial charge is 0.315 e. The van der Waals surface area contributed by atoms with E-state index in [9.17, 15) is 19.5 Å². The first-order chi connectivity index (χ1) is 13.3. The Balaban J connectivity index is 2.13. The Hall–Kier alpha value is -3.15. The van der Waals surface area contributed by atoms with E-state index in [0.717, 1.165) is 16.7 Å². The summed E-state index contributed by atoms with van der Waals surface area (Å²) in [4.78, 5) is 34.4. The third-order valence-electron chi connectivity index (χ3n) is 4.71. The Labute approximate surface area is 164 Å². The van der Waals surface area contributed by atoms with Gasteiger partial charge in [0.25, 0.3) is 0 Å². The van der Waals surface area contributed by atoms with Gasteiger partial charge in [-0.2, -0.15) is 0 Å².